The van der Waals surface area contributed by atoms with E-state index < -0.39 is 41.7 Å². The van der Waals surface area contributed by atoms with Gasteiger partial charge in [-0.05, 0) is 47.8 Å². The normalized spacial score (nSPS) is 23.3. The third-order valence-corrected chi connectivity index (χ3v) is 6.31. The van der Waals surface area contributed by atoms with Gasteiger partial charge < -0.3 is 35.3 Å². The first-order valence-electron chi connectivity index (χ1n) is 11.8. The summed E-state index contributed by atoms with van der Waals surface area (Å²) in [5, 5.41) is 65.8. The van der Waals surface area contributed by atoms with Crippen LogP contribution in [-0.4, -0.2) is 65.9 Å². The van der Waals surface area contributed by atoms with E-state index in [9.17, 15) is 20.4 Å². The van der Waals surface area contributed by atoms with Crippen molar-refractivity contribution in [1.82, 2.24) is 9.78 Å². The van der Waals surface area contributed by atoms with Gasteiger partial charge in [-0.1, -0.05) is 17.3 Å². The van der Waals surface area contributed by atoms with Crippen LogP contribution >= 0.6 is 0 Å². The highest BCUT2D eigenvalue weighted by Gasteiger charge is 2.41. The van der Waals surface area contributed by atoms with Crippen molar-refractivity contribution in [2.45, 2.75) is 31.7 Å². The summed E-state index contributed by atoms with van der Waals surface area (Å²) < 4.78 is 14.6. The van der Waals surface area contributed by atoms with Crippen molar-refractivity contribution in [2.24, 2.45) is 10.1 Å². The summed E-state index contributed by atoms with van der Waals surface area (Å²) in [4.78, 5) is 4.56. The van der Waals surface area contributed by atoms with Gasteiger partial charge in [-0.25, -0.2) is 0 Å². The van der Waals surface area contributed by atoms with Crippen LogP contribution in [0.3, 0.4) is 0 Å². The number of aliphatic imine (C=N–C) groups is 1. The summed E-state index contributed by atoms with van der Waals surface area (Å²) in [6.07, 6.45) is 6.31. The average Bonchev–Trinajstić information content (AvgIpc) is 3.29. The Kier molecular flexibility index (Phi) is 6.47. The maximum atomic E-state index is 10.4. The number of nitriles is 1. The largest absolute Gasteiger partial charge is 0.505 e. The number of benzene rings is 1. The molecule has 0 radical (unpaired) electrons. The molecular weight excluding hydrogens is 506 g/mol. The van der Waals surface area contributed by atoms with Crippen molar-refractivity contribution in [3.63, 3.8) is 0 Å². The molecule has 1 aromatic heterocycles. The minimum atomic E-state index is -1.50. The van der Waals surface area contributed by atoms with E-state index in [4.69, 9.17) is 25.3 Å². The van der Waals surface area contributed by atoms with Gasteiger partial charge >= 0.3 is 12.3 Å². The fourth-order valence-corrected chi connectivity index (χ4v) is 4.20. The van der Waals surface area contributed by atoms with Gasteiger partial charge in [-0.15, -0.1) is 4.70 Å². The van der Waals surface area contributed by atoms with Crippen LogP contribution in [0.2, 0.25) is 0 Å². The molecule has 3 heterocycles. The van der Waals surface area contributed by atoms with E-state index in [2.05, 4.69) is 16.2 Å². The number of allylic oxidation sites excluding steroid dienone is 2. The first kappa shape index (κ1) is 25.4. The molecule has 0 fully saturated rings. The van der Waals surface area contributed by atoms with Crippen molar-refractivity contribution in [3.05, 3.63) is 88.1 Å². The van der Waals surface area contributed by atoms with Gasteiger partial charge in [0.05, 0.1) is 35.2 Å². The minimum Gasteiger partial charge on any atom is -0.505 e. The Morgan fingerprint density at radius 2 is 2.08 bits per heavy atom. The number of nitrogens with zero attached hydrogens (tertiary/aromatic N) is 6. The number of azo groups is 2. The Hall–Kier alpha value is -5.22. The number of aliphatic hydroxyl groups is 4. The number of aliphatic hydroxyl groups excluding tert-OH is 4. The molecule has 5 rings (SSSR count). The number of aromatic nitrogens is 2. The predicted molar refractivity (Wildman–Crippen MR) is 136 cm³/mol. The van der Waals surface area contributed by atoms with E-state index in [1.165, 1.54) is 11.0 Å². The lowest BCUT2D eigenvalue weighted by Crippen LogP contribution is -2.36. The van der Waals surface area contributed by atoms with Crippen LogP contribution in [0.4, 0.5) is 5.82 Å². The fourth-order valence-electron chi connectivity index (χ4n) is 4.20. The molecule has 2 aromatic rings. The molecule has 2 unspecified atom stereocenters. The number of hydrogen-bond donors (Lipinski definition) is 5. The zero-order chi connectivity index (χ0) is 27.7. The Morgan fingerprint density at radius 1 is 1.31 bits per heavy atom. The van der Waals surface area contributed by atoms with Crippen LogP contribution in [0.25, 0.3) is 5.69 Å². The number of hydrogen-bond acceptors (Lipinski definition) is 11. The van der Waals surface area contributed by atoms with Crippen molar-refractivity contribution in [2.75, 3.05) is 6.61 Å². The van der Waals surface area contributed by atoms with E-state index in [1.807, 2.05) is 6.92 Å². The van der Waals surface area contributed by atoms with Crippen LogP contribution in [0.1, 0.15) is 23.2 Å². The minimum absolute atomic E-state index is 0.120. The van der Waals surface area contributed by atoms with Crippen molar-refractivity contribution >= 4 is 18.4 Å². The lowest BCUT2D eigenvalue weighted by Gasteiger charge is -2.31. The van der Waals surface area contributed by atoms with Gasteiger partial charge in [0.1, 0.15) is 6.54 Å². The fraction of sp³-hybridized carbons (Fsp3) is 0.231. The van der Waals surface area contributed by atoms with Gasteiger partial charge in [-0.2, -0.15) is 15.0 Å². The molecule has 5 N–H and O–H groups in total. The van der Waals surface area contributed by atoms with Crippen molar-refractivity contribution in [3.8, 4) is 11.8 Å². The smallest absolute Gasteiger partial charge is 0.330 e. The summed E-state index contributed by atoms with van der Waals surface area (Å²) in [5.41, 5.74) is 1.91. The average molecular weight is 531 g/mol. The lowest BCUT2D eigenvalue weighted by atomic mass is 10.0. The lowest BCUT2D eigenvalue weighted by molar-refractivity contribution is -0.506. The van der Waals surface area contributed by atoms with E-state index in [1.54, 1.807) is 47.2 Å². The SMILES string of the molecule is Cc1nn(-c2ccc(C#N)cc2)c2c1C[N+](=NC1(OC3=C(O)C(O)=C(O)C(CO)O3)C=CC(C=N)=CC1)C=N2. The molecule has 3 aliphatic rings. The highest BCUT2D eigenvalue weighted by molar-refractivity contribution is 5.80. The molecule has 0 spiro atoms. The maximum Gasteiger partial charge on any atom is 0.330 e. The van der Waals surface area contributed by atoms with Crippen LogP contribution < -0.4 is 0 Å². The molecule has 0 saturated heterocycles. The first-order valence-corrected chi connectivity index (χ1v) is 11.8. The van der Waals surface area contributed by atoms with Crippen molar-refractivity contribution in [1.29, 1.82) is 10.7 Å². The molecule has 2 atom stereocenters. The van der Waals surface area contributed by atoms with Gasteiger partial charge in [0, 0.05) is 12.6 Å². The number of ether oxygens (including phenoxy) is 2. The third kappa shape index (κ3) is 4.64. The van der Waals surface area contributed by atoms with E-state index >= 15 is 0 Å². The molecule has 198 valence electrons. The molecular formula is C26H24N7O6+. The summed E-state index contributed by atoms with van der Waals surface area (Å²) >= 11 is 0. The Labute approximate surface area is 222 Å². The molecule has 0 saturated carbocycles. The Bertz CT molecular complexity index is 1570. The van der Waals surface area contributed by atoms with E-state index in [0.717, 1.165) is 23.2 Å². The summed E-state index contributed by atoms with van der Waals surface area (Å²) in [6.45, 7) is 1.44. The number of nitrogens with one attached hydrogen (secondary N) is 1. The Morgan fingerprint density at radius 3 is 2.72 bits per heavy atom. The topological polar surface area (TPSA) is 193 Å². The monoisotopic (exact) mass is 530 g/mol. The van der Waals surface area contributed by atoms with Gasteiger partial charge in [0.2, 0.25) is 11.5 Å². The molecule has 0 amide bonds. The molecule has 13 heteroatoms. The second-order valence-corrected chi connectivity index (χ2v) is 8.89. The van der Waals surface area contributed by atoms with E-state index in [0.29, 0.717) is 17.0 Å². The van der Waals surface area contributed by atoms with Gasteiger partial charge in [0.15, 0.2) is 11.9 Å². The zero-order valence-electron chi connectivity index (χ0n) is 20.7. The quantitative estimate of drug-likeness (QED) is 0.277. The van der Waals surface area contributed by atoms with Gasteiger partial charge in [0.25, 0.3) is 11.5 Å². The molecule has 2 aliphatic heterocycles. The van der Waals surface area contributed by atoms with Crippen LogP contribution in [0.5, 0.6) is 0 Å². The molecule has 39 heavy (non-hydrogen) atoms. The van der Waals surface area contributed by atoms with Gasteiger partial charge in [-0.3, -0.25) is 0 Å². The molecule has 13 nitrogen and oxygen atoms in total. The second-order valence-electron chi connectivity index (χ2n) is 8.89. The van der Waals surface area contributed by atoms with Crippen LogP contribution in [-0.2, 0) is 16.0 Å². The Balaban J connectivity index is 1.50. The number of rotatable bonds is 6. The molecule has 0 bridgehead atoms. The number of aryl methyl sites for hydroxylation is 1. The third-order valence-electron chi connectivity index (χ3n) is 6.31. The first-order chi connectivity index (χ1) is 18.8. The zero-order valence-corrected chi connectivity index (χ0v) is 20.7. The molecule has 1 aromatic carbocycles. The predicted octanol–water partition coefficient (Wildman–Crippen LogP) is 3.39. The second kappa shape index (κ2) is 9.92. The maximum absolute atomic E-state index is 10.4. The highest BCUT2D eigenvalue weighted by atomic mass is 16.7. The van der Waals surface area contributed by atoms with Crippen molar-refractivity contribution < 1.29 is 34.6 Å². The number of fused-ring (bicyclic) bond motifs is 1. The highest BCUT2D eigenvalue weighted by Crippen LogP contribution is 2.36. The molecule has 1 aliphatic carbocycles. The van der Waals surface area contributed by atoms with Crippen LogP contribution in [0, 0.1) is 23.7 Å². The van der Waals surface area contributed by atoms with E-state index in [-0.39, 0.29) is 13.0 Å². The standard InChI is InChI=1S/C26H23N7O6/c1-15-19-12-32(14-29-24(19)33(30-15)18-4-2-16(10-27)3-5-18)31-26(8-6-17(11-28)7-9-26)39-25-23(37)22(36)21(35)20(13-34)38-25/h2-8,11,14,20,28,31,34,37H,9,12-13H2,1H3/p+1. The summed E-state index contributed by atoms with van der Waals surface area (Å²) in [5.74, 6) is -2.39. The summed E-state index contributed by atoms with van der Waals surface area (Å²) in [6, 6.07) is 9.06. The van der Waals surface area contributed by atoms with Crippen LogP contribution in [0.15, 0.2) is 81.4 Å². The summed E-state index contributed by atoms with van der Waals surface area (Å²) in [7, 11) is 0.